The molecule has 0 aliphatic heterocycles. The highest BCUT2D eigenvalue weighted by Gasteiger charge is 2.07. The molecule has 1 heterocycles. The highest BCUT2D eigenvalue weighted by atomic mass is 19.1. The van der Waals surface area contributed by atoms with E-state index in [1.165, 1.54) is 24.5 Å². The number of aromatic nitrogens is 2. The molecular weight excluding hydrogens is 295 g/mol. The van der Waals surface area contributed by atoms with E-state index >= 15 is 0 Å². The summed E-state index contributed by atoms with van der Waals surface area (Å²) in [5, 5.41) is 5.61. The molecule has 114 valence electrons. The van der Waals surface area contributed by atoms with Crippen LogP contribution in [0.25, 0.3) is 0 Å². The molecule has 0 unspecified atom stereocenters. The number of nitrogens with one attached hydrogen (secondary N) is 2. The molecule has 0 atom stereocenters. The number of nitrogens with zero attached hydrogens (tertiary/aromatic N) is 2. The maximum Gasteiger partial charge on any atom is 0.258 e. The number of benzene rings is 2. The number of carbonyl (C=O) groups excluding carboxylic acids is 1. The first-order chi connectivity index (χ1) is 11.2. The van der Waals surface area contributed by atoms with Crippen molar-refractivity contribution in [2.75, 3.05) is 10.6 Å². The van der Waals surface area contributed by atoms with Crippen molar-refractivity contribution >= 4 is 23.2 Å². The highest BCUT2D eigenvalue weighted by molar-refractivity contribution is 6.03. The van der Waals surface area contributed by atoms with Crippen LogP contribution in [0.15, 0.2) is 67.0 Å². The van der Waals surface area contributed by atoms with E-state index in [0.29, 0.717) is 16.9 Å². The van der Waals surface area contributed by atoms with Crippen LogP contribution < -0.4 is 10.6 Å². The van der Waals surface area contributed by atoms with E-state index < -0.39 is 0 Å². The zero-order valence-electron chi connectivity index (χ0n) is 12.0. The third-order valence-corrected chi connectivity index (χ3v) is 3.03. The number of para-hydroxylation sites is 1. The topological polar surface area (TPSA) is 66.9 Å². The molecule has 0 saturated carbocycles. The average Bonchev–Trinajstić information content (AvgIpc) is 2.56. The van der Waals surface area contributed by atoms with Gasteiger partial charge < -0.3 is 10.6 Å². The second kappa shape index (κ2) is 6.65. The molecule has 0 saturated heterocycles. The minimum atomic E-state index is -0.353. The lowest BCUT2D eigenvalue weighted by atomic mass is 10.3. The zero-order valence-corrected chi connectivity index (χ0v) is 12.0. The van der Waals surface area contributed by atoms with Gasteiger partial charge in [0.1, 0.15) is 5.82 Å². The lowest BCUT2D eigenvalue weighted by Crippen LogP contribution is -2.13. The van der Waals surface area contributed by atoms with Crippen LogP contribution in [0.3, 0.4) is 0 Å². The molecule has 3 rings (SSSR count). The van der Waals surface area contributed by atoms with E-state index in [4.69, 9.17) is 0 Å². The first kappa shape index (κ1) is 14.6. The predicted molar refractivity (Wildman–Crippen MR) is 86.1 cm³/mol. The quantitative estimate of drug-likeness (QED) is 0.772. The van der Waals surface area contributed by atoms with Gasteiger partial charge in [-0.15, -0.1) is 0 Å². The molecule has 2 N–H and O–H groups in total. The van der Waals surface area contributed by atoms with Crippen LogP contribution in [-0.4, -0.2) is 15.9 Å². The first-order valence-electron chi connectivity index (χ1n) is 6.92. The molecule has 23 heavy (non-hydrogen) atoms. The van der Waals surface area contributed by atoms with Crippen molar-refractivity contribution in [1.29, 1.82) is 0 Å². The summed E-state index contributed by atoms with van der Waals surface area (Å²) in [5.74, 6) is -0.366. The van der Waals surface area contributed by atoms with E-state index in [1.807, 2.05) is 18.2 Å². The minimum absolute atomic E-state index is 0.284. The predicted octanol–water partition coefficient (Wildman–Crippen LogP) is 3.61. The molecule has 0 aliphatic rings. The number of halogens is 1. The van der Waals surface area contributed by atoms with Gasteiger partial charge in [0, 0.05) is 23.8 Å². The number of amides is 1. The number of anilines is 3. The molecule has 3 aromatic rings. The molecule has 1 aromatic heterocycles. The molecular formula is C17H13FN4O. The zero-order chi connectivity index (χ0) is 16.1. The number of hydrogen-bond donors (Lipinski definition) is 2. The molecule has 0 aliphatic carbocycles. The van der Waals surface area contributed by atoms with Gasteiger partial charge in [-0.25, -0.2) is 14.4 Å². The summed E-state index contributed by atoms with van der Waals surface area (Å²) in [6.07, 6.45) is 2.82. The summed E-state index contributed by atoms with van der Waals surface area (Å²) in [5.41, 5.74) is 1.56. The summed E-state index contributed by atoms with van der Waals surface area (Å²) in [4.78, 5) is 20.2. The van der Waals surface area contributed by atoms with Crippen LogP contribution in [0.1, 0.15) is 10.4 Å². The SMILES string of the molecule is O=C(Nc1ccccc1)c1cnc(Nc2cccc(F)c2)nc1. The Bertz CT molecular complexity index is 806. The summed E-state index contributed by atoms with van der Waals surface area (Å²) in [6, 6.07) is 15.1. The van der Waals surface area contributed by atoms with Gasteiger partial charge in [0.05, 0.1) is 5.56 Å². The molecule has 0 bridgehead atoms. The monoisotopic (exact) mass is 308 g/mol. The van der Waals surface area contributed by atoms with Crippen LogP contribution in [0.5, 0.6) is 0 Å². The van der Waals surface area contributed by atoms with E-state index in [-0.39, 0.29) is 17.7 Å². The van der Waals surface area contributed by atoms with Crippen molar-refractivity contribution in [2.24, 2.45) is 0 Å². The Morgan fingerprint density at radius 1 is 0.913 bits per heavy atom. The van der Waals surface area contributed by atoms with Crippen LogP contribution in [0.4, 0.5) is 21.7 Å². The fourth-order valence-corrected chi connectivity index (χ4v) is 1.93. The largest absolute Gasteiger partial charge is 0.324 e. The van der Waals surface area contributed by atoms with Gasteiger partial charge in [-0.3, -0.25) is 4.79 Å². The molecule has 0 spiro atoms. The molecule has 0 radical (unpaired) electrons. The van der Waals surface area contributed by atoms with Crippen molar-refractivity contribution in [3.63, 3.8) is 0 Å². The van der Waals surface area contributed by atoms with Crippen molar-refractivity contribution in [2.45, 2.75) is 0 Å². The van der Waals surface area contributed by atoms with Gasteiger partial charge in [-0.1, -0.05) is 24.3 Å². The standard InChI is InChI=1S/C17H13FN4O/c18-13-5-4-8-15(9-13)22-17-19-10-12(11-20-17)16(23)21-14-6-2-1-3-7-14/h1-11H,(H,21,23)(H,19,20,22). The Labute approximate surface area is 132 Å². The lowest BCUT2D eigenvalue weighted by molar-refractivity contribution is 0.102. The van der Waals surface area contributed by atoms with Gasteiger partial charge in [0.25, 0.3) is 5.91 Å². The maximum atomic E-state index is 13.1. The van der Waals surface area contributed by atoms with E-state index in [9.17, 15) is 9.18 Å². The van der Waals surface area contributed by atoms with Gasteiger partial charge in [-0.05, 0) is 30.3 Å². The first-order valence-corrected chi connectivity index (χ1v) is 6.92. The summed E-state index contributed by atoms with van der Waals surface area (Å²) in [6.45, 7) is 0. The Morgan fingerprint density at radius 2 is 1.61 bits per heavy atom. The second-order valence-electron chi connectivity index (χ2n) is 4.75. The van der Waals surface area contributed by atoms with Crippen LogP contribution >= 0.6 is 0 Å². The van der Waals surface area contributed by atoms with E-state index in [1.54, 1.807) is 24.3 Å². The highest BCUT2D eigenvalue weighted by Crippen LogP contribution is 2.14. The molecule has 0 fully saturated rings. The summed E-state index contributed by atoms with van der Waals surface area (Å²) in [7, 11) is 0. The van der Waals surface area contributed by atoms with Crippen LogP contribution in [0.2, 0.25) is 0 Å². The number of hydrogen-bond acceptors (Lipinski definition) is 4. The third kappa shape index (κ3) is 3.88. The van der Waals surface area contributed by atoms with Crippen molar-refractivity contribution < 1.29 is 9.18 Å². The summed E-state index contributed by atoms with van der Waals surface area (Å²) < 4.78 is 13.1. The molecule has 1 amide bonds. The van der Waals surface area contributed by atoms with Gasteiger partial charge in [0.15, 0.2) is 0 Å². The minimum Gasteiger partial charge on any atom is -0.324 e. The van der Waals surface area contributed by atoms with Crippen LogP contribution in [-0.2, 0) is 0 Å². The van der Waals surface area contributed by atoms with E-state index in [0.717, 1.165) is 0 Å². The molecule has 6 heteroatoms. The van der Waals surface area contributed by atoms with Crippen molar-refractivity contribution in [3.8, 4) is 0 Å². The Hall–Kier alpha value is -3.28. The Balaban J connectivity index is 1.68. The van der Waals surface area contributed by atoms with Gasteiger partial charge in [-0.2, -0.15) is 0 Å². The van der Waals surface area contributed by atoms with E-state index in [2.05, 4.69) is 20.6 Å². The Morgan fingerprint density at radius 3 is 2.30 bits per heavy atom. The normalized spacial score (nSPS) is 10.1. The number of rotatable bonds is 4. The fourth-order valence-electron chi connectivity index (χ4n) is 1.93. The number of carbonyl (C=O) groups is 1. The average molecular weight is 308 g/mol. The molecule has 2 aromatic carbocycles. The van der Waals surface area contributed by atoms with Crippen molar-refractivity contribution in [3.05, 3.63) is 78.4 Å². The van der Waals surface area contributed by atoms with Crippen molar-refractivity contribution in [1.82, 2.24) is 9.97 Å². The molecule has 5 nitrogen and oxygen atoms in total. The van der Waals surface area contributed by atoms with Gasteiger partial charge in [0.2, 0.25) is 5.95 Å². The maximum absolute atomic E-state index is 13.1. The summed E-state index contributed by atoms with van der Waals surface area (Å²) >= 11 is 0. The third-order valence-electron chi connectivity index (χ3n) is 3.03. The second-order valence-corrected chi connectivity index (χ2v) is 4.75. The lowest BCUT2D eigenvalue weighted by Gasteiger charge is -2.06. The Kier molecular flexibility index (Phi) is 4.24. The fraction of sp³-hybridized carbons (Fsp3) is 0. The van der Waals surface area contributed by atoms with Gasteiger partial charge >= 0.3 is 0 Å². The smallest absolute Gasteiger partial charge is 0.258 e. The van der Waals surface area contributed by atoms with Crippen LogP contribution in [0, 0.1) is 5.82 Å².